The van der Waals surface area contributed by atoms with Gasteiger partial charge in [0.2, 0.25) is 0 Å². The Kier molecular flexibility index (Phi) is 48.1. The van der Waals surface area contributed by atoms with Crippen LogP contribution in [0.2, 0.25) is 0 Å². The molecule has 360 valence electrons. The number of carbonyl (C=O) groups excluding carboxylic acids is 3. The molecule has 0 saturated carbocycles. The first-order valence-electron chi connectivity index (χ1n) is 25.7. The molecule has 0 bridgehead atoms. The quantitative estimate of drug-likeness (QED) is 0.0199. The Balaban J connectivity index is 4.55. The summed E-state index contributed by atoms with van der Waals surface area (Å²) in [6.07, 6.45) is 70.3. The molecular formula is C58H92O6. The summed E-state index contributed by atoms with van der Waals surface area (Å²) in [6.45, 7) is 6.36. The molecule has 64 heavy (non-hydrogen) atoms. The Hall–Kier alpha value is -4.19. The van der Waals surface area contributed by atoms with Crippen LogP contribution in [0.5, 0.6) is 0 Å². The van der Waals surface area contributed by atoms with E-state index < -0.39 is 6.10 Å². The second-order valence-corrected chi connectivity index (χ2v) is 16.6. The van der Waals surface area contributed by atoms with E-state index in [0.29, 0.717) is 12.8 Å². The molecule has 0 amide bonds. The average molecular weight is 885 g/mol. The molecule has 0 saturated heterocycles. The third kappa shape index (κ3) is 48.8. The minimum atomic E-state index is -0.817. The molecule has 0 aliphatic heterocycles. The van der Waals surface area contributed by atoms with E-state index in [-0.39, 0.29) is 37.5 Å². The van der Waals surface area contributed by atoms with E-state index in [1.54, 1.807) is 0 Å². The number of ether oxygens (including phenoxy) is 3. The third-order valence-corrected chi connectivity index (χ3v) is 10.4. The number of allylic oxidation sites excluding steroid dienone is 20. The summed E-state index contributed by atoms with van der Waals surface area (Å²) in [5.41, 5.74) is 0. The van der Waals surface area contributed by atoms with Crippen LogP contribution in [-0.4, -0.2) is 37.2 Å². The van der Waals surface area contributed by atoms with Gasteiger partial charge in [0, 0.05) is 19.3 Å². The van der Waals surface area contributed by atoms with Gasteiger partial charge in [-0.1, -0.05) is 226 Å². The van der Waals surface area contributed by atoms with Gasteiger partial charge in [0.05, 0.1) is 0 Å². The molecule has 0 aliphatic rings. The summed E-state index contributed by atoms with van der Waals surface area (Å²) >= 11 is 0. The lowest BCUT2D eigenvalue weighted by Crippen LogP contribution is -2.30. The van der Waals surface area contributed by atoms with Crippen molar-refractivity contribution in [1.29, 1.82) is 0 Å². The van der Waals surface area contributed by atoms with Crippen LogP contribution in [0.4, 0.5) is 0 Å². The molecule has 6 heteroatoms. The molecule has 0 radical (unpaired) electrons. The minimum absolute atomic E-state index is 0.112. The highest BCUT2D eigenvalue weighted by Crippen LogP contribution is 2.12. The fourth-order valence-corrected chi connectivity index (χ4v) is 6.51. The lowest BCUT2D eigenvalue weighted by atomic mass is 10.1. The van der Waals surface area contributed by atoms with Gasteiger partial charge in [-0.2, -0.15) is 0 Å². The van der Waals surface area contributed by atoms with Gasteiger partial charge in [0.25, 0.3) is 0 Å². The molecule has 0 spiro atoms. The van der Waals surface area contributed by atoms with Gasteiger partial charge in [0.1, 0.15) is 13.2 Å². The minimum Gasteiger partial charge on any atom is -0.462 e. The maximum Gasteiger partial charge on any atom is 0.306 e. The van der Waals surface area contributed by atoms with Crippen LogP contribution < -0.4 is 0 Å². The molecule has 0 N–H and O–H groups in total. The van der Waals surface area contributed by atoms with E-state index in [4.69, 9.17) is 14.2 Å². The van der Waals surface area contributed by atoms with Crippen LogP contribution in [0.3, 0.4) is 0 Å². The van der Waals surface area contributed by atoms with E-state index in [9.17, 15) is 14.4 Å². The van der Waals surface area contributed by atoms with Gasteiger partial charge >= 0.3 is 17.9 Å². The van der Waals surface area contributed by atoms with Crippen molar-refractivity contribution < 1.29 is 28.6 Å². The molecule has 0 fully saturated rings. The van der Waals surface area contributed by atoms with E-state index in [2.05, 4.69) is 69.4 Å². The first-order valence-corrected chi connectivity index (χ1v) is 25.7. The van der Waals surface area contributed by atoms with E-state index in [1.807, 2.05) is 72.9 Å². The molecule has 0 aromatic heterocycles. The van der Waals surface area contributed by atoms with Gasteiger partial charge in [-0.25, -0.2) is 0 Å². The molecule has 1 unspecified atom stereocenters. The van der Waals surface area contributed by atoms with Crippen LogP contribution in [-0.2, 0) is 28.6 Å². The Morgan fingerprint density at radius 2 is 0.641 bits per heavy atom. The third-order valence-electron chi connectivity index (χ3n) is 10.4. The molecule has 0 rings (SSSR count). The van der Waals surface area contributed by atoms with Gasteiger partial charge in [-0.05, 0) is 83.5 Å². The smallest absolute Gasteiger partial charge is 0.306 e. The lowest BCUT2D eigenvalue weighted by Gasteiger charge is -2.18. The second kappa shape index (κ2) is 51.4. The zero-order valence-electron chi connectivity index (χ0n) is 41.0. The Morgan fingerprint density at radius 1 is 0.328 bits per heavy atom. The monoisotopic (exact) mass is 885 g/mol. The number of rotatable bonds is 44. The predicted molar refractivity (Wildman–Crippen MR) is 274 cm³/mol. The first-order chi connectivity index (χ1) is 31.5. The number of esters is 3. The van der Waals surface area contributed by atoms with Gasteiger partial charge in [-0.15, -0.1) is 0 Å². The van der Waals surface area contributed by atoms with E-state index in [1.165, 1.54) is 70.6 Å². The van der Waals surface area contributed by atoms with E-state index >= 15 is 0 Å². The maximum atomic E-state index is 12.8. The Bertz CT molecular complexity index is 1390. The average Bonchev–Trinajstić information content (AvgIpc) is 3.29. The van der Waals surface area contributed by atoms with Crippen molar-refractivity contribution in [3.63, 3.8) is 0 Å². The van der Waals surface area contributed by atoms with Crippen LogP contribution in [0.1, 0.15) is 207 Å². The van der Waals surface area contributed by atoms with Crippen molar-refractivity contribution in [3.05, 3.63) is 122 Å². The normalized spacial score (nSPS) is 13.1. The fourth-order valence-electron chi connectivity index (χ4n) is 6.51. The molecule has 0 aliphatic carbocycles. The number of hydrogen-bond donors (Lipinski definition) is 0. The van der Waals surface area contributed by atoms with Gasteiger partial charge in [-0.3, -0.25) is 14.4 Å². The summed E-state index contributed by atoms with van der Waals surface area (Å²) in [5, 5.41) is 0. The van der Waals surface area contributed by atoms with Crippen LogP contribution in [0, 0.1) is 0 Å². The number of hydrogen-bond acceptors (Lipinski definition) is 6. The van der Waals surface area contributed by atoms with Crippen molar-refractivity contribution in [2.45, 2.75) is 213 Å². The highest BCUT2D eigenvalue weighted by molar-refractivity contribution is 5.71. The Labute approximate surface area is 392 Å². The van der Waals surface area contributed by atoms with E-state index in [0.717, 1.165) is 96.3 Å². The van der Waals surface area contributed by atoms with Crippen molar-refractivity contribution in [2.75, 3.05) is 13.2 Å². The maximum absolute atomic E-state index is 12.8. The highest BCUT2D eigenvalue weighted by Gasteiger charge is 2.19. The topological polar surface area (TPSA) is 78.9 Å². The number of carbonyl (C=O) groups is 3. The zero-order chi connectivity index (χ0) is 46.5. The Morgan fingerprint density at radius 3 is 1.08 bits per heavy atom. The molecule has 0 aromatic rings. The molecule has 0 aromatic carbocycles. The van der Waals surface area contributed by atoms with Crippen molar-refractivity contribution in [3.8, 4) is 0 Å². The summed E-state index contributed by atoms with van der Waals surface area (Å²) in [6, 6.07) is 0. The lowest BCUT2D eigenvalue weighted by molar-refractivity contribution is -0.167. The van der Waals surface area contributed by atoms with Gasteiger partial charge in [0.15, 0.2) is 6.10 Å². The molecule has 6 nitrogen and oxygen atoms in total. The van der Waals surface area contributed by atoms with Crippen molar-refractivity contribution in [1.82, 2.24) is 0 Å². The van der Waals surface area contributed by atoms with Crippen LogP contribution >= 0.6 is 0 Å². The zero-order valence-corrected chi connectivity index (χ0v) is 41.0. The SMILES string of the molecule is CC\C=C/C=C\C=C/C=C\C=C\C=C/C=C\CCCCCC(=O)OCC(COC(=O)CCCCCCC/C=C\CCCC)OC(=O)CCCCC/C=C\C=C/CCCCCCCCC. The molecule has 1 atom stereocenters. The summed E-state index contributed by atoms with van der Waals surface area (Å²) in [7, 11) is 0. The standard InChI is InChI=1S/C58H92O6/c1-4-7-10-13-16-19-22-24-26-28-29-30-32-33-36-39-42-45-48-51-57(60)63-54-55(53-62-56(59)50-47-44-41-38-35-21-18-15-12-9-6-3)64-58(61)52-49-46-43-40-37-34-31-27-25-23-20-17-14-11-8-5-2/h7,10,13,15-16,18-19,22,24,26-34,36-37,55H,4-6,8-9,11-12,14,17,20-21,23,25,35,38-54H2,1-3H3/b10-7-,16-13-,18-15-,22-19-,26-24-,29-28+,31-27-,32-30-,36-33-,37-34-. The first kappa shape index (κ1) is 59.8. The highest BCUT2D eigenvalue weighted by atomic mass is 16.6. The fraction of sp³-hybridized carbons (Fsp3) is 0.603. The van der Waals surface area contributed by atoms with Crippen LogP contribution in [0.15, 0.2) is 122 Å². The predicted octanol–water partition coefficient (Wildman–Crippen LogP) is 16.9. The summed E-state index contributed by atoms with van der Waals surface area (Å²) < 4.78 is 16.7. The van der Waals surface area contributed by atoms with Crippen molar-refractivity contribution in [2.24, 2.45) is 0 Å². The summed E-state index contributed by atoms with van der Waals surface area (Å²) in [5.74, 6) is -1.00. The largest absolute Gasteiger partial charge is 0.462 e. The second-order valence-electron chi connectivity index (χ2n) is 16.6. The summed E-state index contributed by atoms with van der Waals surface area (Å²) in [4.78, 5) is 37.9. The number of unbranched alkanes of at least 4 members (excludes halogenated alkanes) is 20. The molecule has 0 heterocycles. The van der Waals surface area contributed by atoms with Gasteiger partial charge < -0.3 is 14.2 Å². The molecular weight excluding hydrogens is 793 g/mol. The van der Waals surface area contributed by atoms with Crippen LogP contribution in [0.25, 0.3) is 0 Å². The van der Waals surface area contributed by atoms with Crippen molar-refractivity contribution >= 4 is 17.9 Å².